The van der Waals surface area contributed by atoms with E-state index in [1.54, 1.807) is 6.92 Å². The van der Waals surface area contributed by atoms with Gasteiger partial charge < -0.3 is 10.1 Å². The van der Waals surface area contributed by atoms with E-state index in [9.17, 15) is 14.9 Å². The van der Waals surface area contributed by atoms with E-state index in [4.69, 9.17) is 0 Å². The van der Waals surface area contributed by atoms with Crippen LogP contribution in [0.2, 0.25) is 0 Å². The van der Waals surface area contributed by atoms with E-state index in [0.29, 0.717) is 5.69 Å². The molecule has 6 heteroatoms. The normalized spacial score (nSPS) is 12.5. The maximum Gasteiger partial charge on any atom is 0.432 e. The summed E-state index contributed by atoms with van der Waals surface area (Å²) in [4.78, 5) is 26.5. The fourth-order valence-corrected chi connectivity index (χ4v) is 0.856. The number of H-pyrrole nitrogens is 1. The van der Waals surface area contributed by atoms with Gasteiger partial charge in [0.1, 0.15) is 17.7 Å². The van der Waals surface area contributed by atoms with Crippen molar-refractivity contribution in [3.63, 3.8) is 0 Å². The zero-order valence-corrected chi connectivity index (χ0v) is 7.27. The van der Waals surface area contributed by atoms with E-state index in [1.807, 2.05) is 0 Å². The first kappa shape index (κ1) is 9.37. The number of nitro groups is 1. The second-order valence-electron chi connectivity index (χ2n) is 2.75. The lowest BCUT2D eigenvalue weighted by Crippen LogP contribution is -2.04. The minimum absolute atomic E-state index is 0.0569. The minimum atomic E-state index is -0.629. The van der Waals surface area contributed by atoms with Gasteiger partial charge >= 0.3 is 5.95 Å². The van der Waals surface area contributed by atoms with Gasteiger partial charge in [0.25, 0.3) is 0 Å². The number of hydrogen-bond donors (Lipinski definition) is 1. The number of carbonyl (C=O) groups is 1. The first-order valence-corrected chi connectivity index (χ1v) is 3.72. The minimum Gasteiger partial charge on any atom is -0.390 e. The van der Waals surface area contributed by atoms with Gasteiger partial charge in [-0.05, 0) is 18.8 Å². The summed E-state index contributed by atoms with van der Waals surface area (Å²) in [6.45, 7) is 3.09. The summed E-state index contributed by atoms with van der Waals surface area (Å²) in [6.07, 6.45) is 1.31. The lowest BCUT2D eigenvalue weighted by atomic mass is 10.1. The lowest BCUT2D eigenvalue weighted by molar-refractivity contribution is -0.393. The Morgan fingerprint density at radius 1 is 1.77 bits per heavy atom. The molecule has 0 saturated heterocycles. The van der Waals surface area contributed by atoms with Gasteiger partial charge in [-0.1, -0.05) is 4.98 Å². The van der Waals surface area contributed by atoms with Crippen molar-refractivity contribution < 1.29 is 9.72 Å². The summed E-state index contributed by atoms with van der Waals surface area (Å²) in [6, 6.07) is 0. The number of imidazole rings is 1. The van der Waals surface area contributed by atoms with Crippen molar-refractivity contribution in [1.82, 2.24) is 9.97 Å². The topological polar surface area (TPSA) is 88.9 Å². The number of nitrogens with zero attached hydrogens (tertiary/aromatic N) is 2. The second kappa shape index (κ2) is 3.34. The molecule has 0 aromatic carbocycles. The molecule has 1 N–H and O–H groups in total. The summed E-state index contributed by atoms with van der Waals surface area (Å²) >= 11 is 0. The maximum absolute atomic E-state index is 10.9. The standard InChI is InChI=1S/C7H9N3O3/c1-4(5(2)11)6-3-8-7(9-6)10(12)13/h3-4H,1-2H3,(H,8,9). The Hall–Kier alpha value is -1.72. The van der Waals surface area contributed by atoms with E-state index in [0.717, 1.165) is 0 Å². The van der Waals surface area contributed by atoms with Gasteiger partial charge in [0.05, 0.1) is 5.92 Å². The number of aromatic nitrogens is 2. The fourth-order valence-electron chi connectivity index (χ4n) is 0.856. The average Bonchev–Trinajstić information content (AvgIpc) is 2.50. The van der Waals surface area contributed by atoms with Gasteiger partial charge in [-0.25, -0.2) is 4.98 Å². The van der Waals surface area contributed by atoms with Gasteiger partial charge in [0.15, 0.2) is 0 Å². The Bertz CT molecular complexity index is 345. The van der Waals surface area contributed by atoms with Crippen LogP contribution in [0.4, 0.5) is 5.95 Å². The molecular weight excluding hydrogens is 174 g/mol. The van der Waals surface area contributed by atoms with Gasteiger partial charge in [0, 0.05) is 0 Å². The Kier molecular flexibility index (Phi) is 2.41. The van der Waals surface area contributed by atoms with Gasteiger partial charge in [0.2, 0.25) is 0 Å². The van der Waals surface area contributed by atoms with E-state index in [-0.39, 0.29) is 17.6 Å². The smallest absolute Gasteiger partial charge is 0.390 e. The summed E-state index contributed by atoms with van der Waals surface area (Å²) in [7, 11) is 0. The number of aromatic amines is 1. The van der Waals surface area contributed by atoms with Crippen LogP contribution >= 0.6 is 0 Å². The van der Waals surface area contributed by atoms with Crippen LogP contribution in [-0.4, -0.2) is 20.7 Å². The zero-order chi connectivity index (χ0) is 10.0. The number of nitrogens with one attached hydrogen (secondary N) is 1. The molecule has 0 spiro atoms. The molecule has 0 saturated carbocycles. The van der Waals surface area contributed by atoms with Crippen molar-refractivity contribution >= 4 is 11.7 Å². The number of Topliss-reactive ketones (excluding diaryl/α,β-unsaturated/α-hetero) is 1. The van der Waals surface area contributed by atoms with E-state index >= 15 is 0 Å². The number of hydrogen-bond acceptors (Lipinski definition) is 4. The van der Waals surface area contributed by atoms with Crippen molar-refractivity contribution in [1.29, 1.82) is 0 Å². The number of rotatable bonds is 3. The van der Waals surface area contributed by atoms with E-state index in [2.05, 4.69) is 9.97 Å². The molecule has 0 aliphatic carbocycles. The Balaban J connectivity index is 2.91. The third-order valence-electron chi connectivity index (χ3n) is 1.83. The van der Waals surface area contributed by atoms with Crippen LogP contribution in [0.1, 0.15) is 25.5 Å². The summed E-state index contributed by atoms with van der Waals surface area (Å²) < 4.78 is 0. The lowest BCUT2D eigenvalue weighted by Gasteiger charge is -1.98. The second-order valence-corrected chi connectivity index (χ2v) is 2.75. The van der Waals surface area contributed by atoms with Crippen molar-refractivity contribution in [2.45, 2.75) is 19.8 Å². The van der Waals surface area contributed by atoms with E-state index in [1.165, 1.54) is 13.1 Å². The molecule has 0 bridgehead atoms. The monoisotopic (exact) mass is 183 g/mol. The highest BCUT2D eigenvalue weighted by molar-refractivity contribution is 5.82. The molecule has 1 rings (SSSR count). The Morgan fingerprint density at radius 2 is 2.38 bits per heavy atom. The molecular formula is C7H9N3O3. The molecule has 1 unspecified atom stereocenters. The average molecular weight is 183 g/mol. The molecule has 0 aliphatic heterocycles. The third kappa shape index (κ3) is 1.90. The quantitative estimate of drug-likeness (QED) is 0.559. The molecule has 0 amide bonds. The van der Waals surface area contributed by atoms with Crippen LogP contribution < -0.4 is 0 Å². The summed E-state index contributed by atoms with van der Waals surface area (Å²) in [5.41, 5.74) is 0.471. The van der Waals surface area contributed by atoms with Crippen molar-refractivity contribution in [2.75, 3.05) is 0 Å². The number of carbonyl (C=O) groups excluding carboxylic acids is 1. The predicted octanol–water partition coefficient (Wildman–Crippen LogP) is 1.01. The van der Waals surface area contributed by atoms with Crippen LogP contribution in [0.15, 0.2) is 6.20 Å². The highest BCUT2D eigenvalue weighted by atomic mass is 16.6. The first-order chi connectivity index (χ1) is 6.02. The number of ketones is 1. The van der Waals surface area contributed by atoms with Crippen molar-refractivity contribution in [2.24, 2.45) is 0 Å². The summed E-state index contributed by atoms with van der Waals surface area (Å²) in [5.74, 6) is -0.761. The van der Waals surface area contributed by atoms with Crippen LogP contribution in [0.3, 0.4) is 0 Å². The van der Waals surface area contributed by atoms with Gasteiger partial charge in [-0.2, -0.15) is 0 Å². The highest BCUT2D eigenvalue weighted by Gasteiger charge is 2.19. The van der Waals surface area contributed by atoms with Crippen LogP contribution in [0, 0.1) is 10.1 Å². The van der Waals surface area contributed by atoms with Crippen LogP contribution in [-0.2, 0) is 4.79 Å². The molecule has 1 aromatic rings. The molecule has 0 radical (unpaired) electrons. The first-order valence-electron chi connectivity index (χ1n) is 3.72. The molecule has 70 valence electrons. The van der Waals surface area contributed by atoms with Crippen molar-refractivity contribution in [3.8, 4) is 0 Å². The molecule has 1 atom stereocenters. The molecule has 1 heterocycles. The third-order valence-corrected chi connectivity index (χ3v) is 1.83. The fraction of sp³-hybridized carbons (Fsp3) is 0.429. The molecule has 0 aliphatic rings. The molecule has 0 fully saturated rings. The van der Waals surface area contributed by atoms with Crippen LogP contribution in [0.5, 0.6) is 0 Å². The van der Waals surface area contributed by atoms with Crippen LogP contribution in [0.25, 0.3) is 0 Å². The zero-order valence-electron chi connectivity index (χ0n) is 7.27. The largest absolute Gasteiger partial charge is 0.432 e. The molecule has 13 heavy (non-hydrogen) atoms. The molecule has 6 nitrogen and oxygen atoms in total. The predicted molar refractivity (Wildman–Crippen MR) is 44.3 cm³/mol. The SMILES string of the molecule is CC(=O)C(C)c1cnc([N+](=O)[O-])[nH]1. The Morgan fingerprint density at radius 3 is 2.77 bits per heavy atom. The maximum atomic E-state index is 10.9. The van der Waals surface area contributed by atoms with Gasteiger partial charge in [-0.3, -0.25) is 4.79 Å². The highest BCUT2D eigenvalue weighted by Crippen LogP contribution is 2.15. The van der Waals surface area contributed by atoms with Gasteiger partial charge in [-0.15, -0.1) is 0 Å². The Labute approximate surface area is 74.1 Å². The van der Waals surface area contributed by atoms with Crippen molar-refractivity contribution in [3.05, 3.63) is 22.0 Å². The van der Waals surface area contributed by atoms with E-state index < -0.39 is 4.92 Å². The summed E-state index contributed by atoms with van der Waals surface area (Å²) in [5, 5.41) is 10.2. The molecule has 1 aromatic heterocycles.